The molecule has 2 aliphatic heterocycles. The molecule has 0 saturated carbocycles. The molecule has 108 valence electrons. The zero-order valence-corrected chi connectivity index (χ0v) is 11.7. The molecule has 1 fully saturated rings. The van der Waals surface area contributed by atoms with E-state index in [2.05, 4.69) is 0 Å². The lowest BCUT2D eigenvalue weighted by atomic mass is 9.94. The van der Waals surface area contributed by atoms with Crippen LogP contribution in [-0.4, -0.2) is 35.7 Å². The summed E-state index contributed by atoms with van der Waals surface area (Å²) in [4.78, 5) is 14.3. The van der Waals surface area contributed by atoms with Crippen molar-refractivity contribution in [3.05, 3.63) is 29.3 Å². The summed E-state index contributed by atoms with van der Waals surface area (Å²) in [5.74, 6) is 0.996. The highest BCUT2D eigenvalue weighted by atomic mass is 16.5. The van der Waals surface area contributed by atoms with Crippen LogP contribution in [0.2, 0.25) is 0 Å². The monoisotopic (exact) mass is 275 g/mol. The Kier molecular flexibility index (Phi) is 3.92. The van der Waals surface area contributed by atoms with Crippen LogP contribution >= 0.6 is 0 Å². The molecule has 4 heteroatoms. The lowest BCUT2D eigenvalue weighted by Crippen LogP contribution is -2.37. The van der Waals surface area contributed by atoms with Crippen LogP contribution in [0.3, 0.4) is 0 Å². The number of rotatable bonds is 2. The third-order valence-electron chi connectivity index (χ3n) is 4.36. The molecule has 0 unspecified atom stereocenters. The van der Waals surface area contributed by atoms with Gasteiger partial charge < -0.3 is 14.7 Å². The average molecular weight is 275 g/mol. The van der Waals surface area contributed by atoms with E-state index in [0.717, 1.165) is 44.6 Å². The van der Waals surface area contributed by atoms with Gasteiger partial charge in [-0.25, -0.2) is 0 Å². The normalized spacial score (nSPS) is 19.7. The second-order valence-corrected chi connectivity index (χ2v) is 5.78. The highest BCUT2D eigenvalue weighted by Crippen LogP contribution is 2.25. The highest BCUT2D eigenvalue weighted by molar-refractivity contribution is 5.76. The topological polar surface area (TPSA) is 49.8 Å². The van der Waals surface area contributed by atoms with Gasteiger partial charge in [-0.3, -0.25) is 4.79 Å². The van der Waals surface area contributed by atoms with E-state index < -0.39 is 0 Å². The standard InChI is InChI=1S/C16H21NO3/c18-15-2-1-13-3-6-17(11-14(13)10-15)16(19)9-12-4-7-20-8-5-12/h1-2,10,12,18H,3-9,11H2. The number of hydrogen-bond acceptors (Lipinski definition) is 3. The summed E-state index contributed by atoms with van der Waals surface area (Å²) in [5.41, 5.74) is 2.33. The molecule has 4 nitrogen and oxygen atoms in total. The quantitative estimate of drug-likeness (QED) is 0.899. The number of aromatic hydroxyl groups is 1. The first-order valence-electron chi connectivity index (χ1n) is 7.38. The van der Waals surface area contributed by atoms with Crippen molar-refractivity contribution in [2.45, 2.75) is 32.2 Å². The number of ether oxygens (including phenoxy) is 1. The van der Waals surface area contributed by atoms with Crippen molar-refractivity contribution in [1.82, 2.24) is 4.90 Å². The molecule has 0 atom stereocenters. The number of nitrogens with zero attached hydrogens (tertiary/aromatic N) is 1. The van der Waals surface area contributed by atoms with E-state index in [1.165, 1.54) is 5.56 Å². The largest absolute Gasteiger partial charge is 0.508 e. The Balaban J connectivity index is 1.62. The zero-order valence-electron chi connectivity index (χ0n) is 11.7. The zero-order chi connectivity index (χ0) is 13.9. The summed E-state index contributed by atoms with van der Waals surface area (Å²) in [6.07, 6.45) is 3.51. The van der Waals surface area contributed by atoms with Gasteiger partial charge in [0.15, 0.2) is 0 Å². The summed E-state index contributed by atoms with van der Waals surface area (Å²) < 4.78 is 5.33. The second kappa shape index (κ2) is 5.83. The number of benzene rings is 1. The average Bonchev–Trinajstić information content (AvgIpc) is 2.47. The first kappa shape index (κ1) is 13.4. The van der Waals surface area contributed by atoms with Crippen LogP contribution in [0.4, 0.5) is 0 Å². The van der Waals surface area contributed by atoms with E-state index in [-0.39, 0.29) is 11.7 Å². The van der Waals surface area contributed by atoms with Gasteiger partial charge >= 0.3 is 0 Å². The van der Waals surface area contributed by atoms with Crippen LogP contribution in [0.1, 0.15) is 30.4 Å². The summed E-state index contributed by atoms with van der Waals surface area (Å²) in [6.45, 7) is 2.99. The summed E-state index contributed by atoms with van der Waals surface area (Å²) in [5, 5.41) is 9.56. The van der Waals surface area contributed by atoms with E-state index in [9.17, 15) is 9.90 Å². The molecule has 0 aliphatic carbocycles. The minimum atomic E-state index is 0.242. The SMILES string of the molecule is O=C(CC1CCOCC1)N1CCc2ccc(O)cc2C1. The number of carbonyl (C=O) groups excluding carboxylic acids is 1. The van der Waals surface area contributed by atoms with Crippen LogP contribution in [0.25, 0.3) is 0 Å². The van der Waals surface area contributed by atoms with Gasteiger partial charge in [0.05, 0.1) is 0 Å². The molecule has 1 saturated heterocycles. The molecule has 0 aromatic heterocycles. The predicted octanol–water partition coefficient (Wildman–Crippen LogP) is 2.09. The summed E-state index contributed by atoms with van der Waals surface area (Å²) in [6, 6.07) is 5.46. The Bertz CT molecular complexity index is 494. The lowest BCUT2D eigenvalue weighted by Gasteiger charge is -2.31. The molecule has 3 rings (SSSR count). The van der Waals surface area contributed by atoms with Crippen LogP contribution in [-0.2, 0) is 22.5 Å². The number of phenols is 1. The number of hydrogen-bond donors (Lipinski definition) is 1. The first-order chi connectivity index (χ1) is 9.72. The van der Waals surface area contributed by atoms with Gasteiger partial charge in [-0.15, -0.1) is 0 Å². The van der Waals surface area contributed by atoms with Gasteiger partial charge in [0.2, 0.25) is 5.91 Å². The van der Waals surface area contributed by atoms with Crippen LogP contribution < -0.4 is 0 Å². The van der Waals surface area contributed by atoms with E-state index >= 15 is 0 Å². The van der Waals surface area contributed by atoms with Crippen LogP contribution in [0, 0.1) is 5.92 Å². The first-order valence-corrected chi connectivity index (χ1v) is 7.38. The smallest absolute Gasteiger partial charge is 0.223 e. The Morgan fingerprint density at radius 3 is 2.90 bits per heavy atom. The maximum absolute atomic E-state index is 12.4. The van der Waals surface area contributed by atoms with Crippen molar-refractivity contribution in [2.24, 2.45) is 5.92 Å². The van der Waals surface area contributed by atoms with Crippen molar-refractivity contribution in [3.63, 3.8) is 0 Å². The third-order valence-corrected chi connectivity index (χ3v) is 4.36. The molecule has 2 heterocycles. The predicted molar refractivity (Wildman–Crippen MR) is 75.4 cm³/mol. The fraction of sp³-hybridized carbons (Fsp3) is 0.562. The Labute approximate surface area is 119 Å². The molecule has 0 spiro atoms. The molecule has 1 aromatic rings. The van der Waals surface area contributed by atoms with Gasteiger partial charge in [-0.05, 0) is 48.4 Å². The van der Waals surface area contributed by atoms with E-state index in [0.29, 0.717) is 18.9 Å². The second-order valence-electron chi connectivity index (χ2n) is 5.78. The molecule has 0 bridgehead atoms. The van der Waals surface area contributed by atoms with Gasteiger partial charge in [0, 0.05) is 32.7 Å². The van der Waals surface area contributed by atoms with E-state index in [1.807, 2.05) is 11.0 Å². The van der Waals surface area contributed by atoms with Gasteiger partial charge in [-0.1, -0.05) is 6.07 Å². The molecular weight excluding hydrogens is 254 g/mol. The third kappa shape index (κ3) is 2.96. The molecule has 2 aliphatic rings. The number of fused-ring (bicyclic) bond motifs is 1. The maximum Gasteiger partial charge on any atom is 0.223 e. The lowest BCUT2D eigenvalue weighted by molar-refractivity contribution is -0.133. The van der Waals surface area contributed by atoms with Crippen molar-refractivity contribution >= 4 is 5.91 Å². The van der Waals surface area contributed by atoms with Gasteiger partial charge in [0.1, 0.15) is 5.75 Å². The number of carbonyl (C=O) groups is 1. The van der Waals surface area contributed by atoms with Gasteiger partial charge in [0.25, 0.3) is 0 Å². The summed E-state index contributed by atoms with van der Waals surface area (Å²) >= 11 is 0. The van der Waals surface area contributed by atoms with Crippen LogP contribution in [0.5, 0.6) is 5.75 Å². The Hall–Kier alpha value is -1.55. The minimum absolute atomic E-state index is 0.242. The minimum Gasteiger partial charge on any atom is -0.508 e. The molecule has 20 heavy (non-hydrogen) atoms. The molecule has 0 radical (unpaired) electrons. The summed E-state index contributed by atoms with van der Waals surface area (Å²) in [7, 11) is 0. The Morgan fingerprint density at radius 2 is 2.10 bits per heavy atom. The van der Waals surface area contributed by atoms with Crippen molar-refractivity contribution in [3.8, 4) is 5.75 Å². The number of phenolic OH excluding ortho intramolecular Hbond substituents is 1. The van der Waals surface area contributed by atoms with Crippen molar-refractivity contribution < 1.29 is 14.6 Å². The van der Waals surface area contributed by atoms with Crippen molar-refractivity contribution in [2.75, 3.05) is 19.8 Å². The molecule has 1 aromatic carbocycles. The molecule has 1 amide bonds. The highest BCUT2D eigenvalue weighted by Gasteiger charge is 2.24. The van der Waals surface area contributed by atoms with Crippen LogP contribution in [0.15, 0.2) is 18.2 Å². The molecular formula is C16H21NO3. The fourth-order valence-corrected chi connectivity index (χ4v) is 3.08. The molecule has 1 N–H and O–H groups in total. The maximum atomic E-state index is 12.4. The van der Waals surface area contributed by atoms with Crippen molar-refractivity contribution in [1.29, 1.82) is 0 Å². The Morgan fingerprint density at radius 1 is 1.30 bits per heavy atom. The van der Waals surface area contributed by atoms with E-state index in [4.69, 9.17) is 4.74 Å². The van der Waals surface area contributed by atoms with E-state index in [1.54, 1.807) is 12.1 Å². The fourth-order valence-electron chi connectivity index (χ4n) is 3.08. The number of amides is 1. The van der Waals surface area contributed by atoms with Gasteiger partial charge in [-0.2, -0.15) is 0 Å².